The Morgan fingerprint density at radius 3 is 2.65 bits per heavy atom. The van der Waals surface area contributed by atoms with E-state index in [1.807, 2.05) is 0 Å². The first-order valence-electron chi connectivity index (χ1n) is 5.70. The van der Waals surface area contributed by atoms with Gasteiger partial charge in [-0.2, -0.15) is 0 Å². The Morgan fingerprint density at radius 1 is 1.53 bits per heavy atom. The molecule has 0 spiro atoms. The van der Waals surface area contributed by atoms with Crippen molar-refractivity contribution in [2.75, 3.05) is 0 Å². The molecule has 2 N–H and O–H groups in total. The van der Waals surface area contributed by atoms with E-state index in [1.165, 1.54) is 6.07 Å². The largest absolute Gasteiger partial charge is 0.505 e. The molecule has 0 heterocycles. The quantitative estimate of drug-likeness (QED) is 0.848. The van der Waals surface area contributed by atoms with Crippen LogP contribution in [-0.4, -0.2) is 16.2 Å². The fourth-order valence-electron chi connectivity index (χ4n) is 2.24. The molecular weight excluding hydrogens is 223 g/mol. The zero-order valence-electron chi connectivity index (χ0n) is 9.61. The summed E-state index contributed by atoms with van der Waals surface area (Å²) in [5, 5.41) is 18.3. The molecule has 4 heteroatoms. The summed E-state index contributed by atoms with van der Waals surface area (Å²) in [5.41, 5.74) is 1.09. The second kappa shape index (κ2) is 4.35. The standard InChI is InChI=1S/C13H15FO3/c1-7-4-9(5-11(15)13(7)14)10(6-12(16)17)8-2-3-8/h4-5,8,10,15H,2-3,6H2,1H3,(H,16,17). The Kier molecular flexibility index (Phi) is 3.05. The third-order valence-corrected chi connectivity index (χ3v) is 3.27. The molecule has 1 aliphatic carbocycles. The van der Waals surface area contributed by atoms with Crippen molar-refractivity contribution in [1.82, 2.24) is 0 Å². The fourth-order valence-corrected chi connectivity index (χ4v) is 2.24. The Hall–Kier alpha value is -1.58. The number of hydrogen-bond donors (Lipinski definition) is 2. The maximum atomic E-state index is 13.3. The molecule has 1 atom stereocenters. The molecule has 0 radical (unpaired) electrons. The van der Waals surface area contributed by atoms with Gasteiger partial charge in [-0.05, 0) is 48.8 Å². The van der Waals surface area contributed by atoms with Crippen LogP contribution in [0.1, 0.15) is 36.3 Å². The summed E-state index contributed by atoms with van der Waals surface area (Å²) in [5.74, 6) is -1.63. The molecule has 1 aromatic carbocycles. The molecule has 0 bridgehead atoms. The van der Waals surface area contributed by atoms with Gasteiger partial charge in [-0.15, -0.1) is 0 Å². The van der Waals surface area contributed by atoms with E-state index in [-0.39, 0.29) is 12.3 Å². The lowest BCUT2D eigenvalue weighted by atomic mass is 9.90. The van der Waals surface area contributed by atoms with Gasteiger partial charge in [0.05, 0.1) is 6.42 Å². The first-order chi connectivity index (χ1) is 7.99. The van der Waals surface area contributed by atoms with Crippen LogP contribution in [0.3, 0.4) is 0 Å². The van der Waals surface area contributed by atoms with E-state index in [4.69, 9.17) is 5.11 Å². The second-order valence-electron chi connectivity index (χ2n) is 4.71. The predicted molar refractivity (Wildman–Crippen MR) is 60.5 cm³/mol. The van der Waals surface area contributed by atoms with Gasteiger partial charge in [-0.1, -0.05) is 6.07 Å². The van der Waals surface area contributed by atoms with E-state index < -0.39 is 17.5 Å². The molecule has 0 aliphatic heterocycles. The van der Waals surface area contributed by atoms with E-state index in [1.54, 1.807) is 13.0 Å². The smallest absolute Gasteiger partial charge is 0.303 e. The monoisotopic (exact) mass is 238 g/mol. The molecule has 1 unspecified atom stereocenters. The highest BCUT2D eigenvalue weighted by Crippen LogP contribution is 2.45. The molecule has 0 saturated heterocycles. The predicted octanol–water partition coefficient (Wildman–Crippen LogP) is 2.81. The van der Waals surface area contributed by atoms with Gasteiger partial charge in [0.15, 0.2) is 11.6 Å². The summed E-state index contributed by atoms with van der Waals surface area (Å²) in [6.07, 6.45) is 2.06. The zero-order chi connectivity index (χ0) is 12.6. The van der Waals surface area contributed by atoms with Crippen LogP contribution >= 0.6 is 0 Å². The summed E-state index contributed by atoms with van der Waals surface area (Å²) in [4.78, 5) is 10.8. The zero-order valence-corrected chi connectivity index (χ0v) is 9.61. The third kappa shape index (κ3) is 2.57. The van der Waals surface area contributed by atoms with Gasteiger partial charge in [-0.25, -0.2) is 4.39 Å². The van der Waals surface area contributed by atoms with Gasteiger partial charge in [-0.3, -0.25) is 4.79 Å². The van der Waals surface area contributed by atoms with E-state index in [0.29, 0.717) is 11.5 Å². The average Bonchev–Trinajstić information content (AvgIpc) is 3.05. The SMILES string of the molecule is Cc1cc(C(CC(=O)O)C2CC2)cc(O)c1F. The number of carbonyl (C=O) groups is 1. The van der Waals surface area contributed by atoms with E-state index in [9.17, 15) is 14.3 Å². The van der Waals surface area contributed by atoms with Crippen LogP contribution in [-0.2, 0) is 4.79 Å². The normalized spacial score (nSPS) is 16.8. The maximum Gasteiger partial charge on any atom is 0.303 e. The number of phenolic OH excluding ortho intramolecular Hbond substituents is 1. The number of phenols is 1. The lowest BCUT2D eigenvalue weighted by molar-refractivity contribution is -0.137. The molecule has 3 nitrogen and oxygen atoms in total. The Balaban J connectivity index is 2.32. The lowest BCUT2D eigenvalue weighted by Crippen LogP contribution is -2.09. The molecule has 1 aliphatic rings. The van der Waals surface area contributed by atoms with Gasteiger partial charge in [0.25, 0.3) is 0 Å². The molecule has 17 heavy (non-hydrogen) atoms. The van der Waals surface area contributed by atoms with Crippen LogP contribution in [0.15, 0.2) is 12.1 Å². The summed E-state index contributed by atoms with van der Waals surface area (Å²) in [6.45, 7) is 1.57. The highest BCUT2D eigenvalue weighted by Gasteiger charge is 2.34. The number of hydrogen-bond acceptors (Lipinski definition) is 2. The van der Waals surface area contributed by atoms with Crippen LogP contribution in [0.2, 0.25) is 0 Å². The number of halogens is 1. The first kappa shape index (κ1) is 11.9. The van der Waals surface area contributed by atoms with Gasteiger partial charge < -0.3 is 10.2 Å². The van der Waals surface area contributed by atoms with Crippen LogP contribution in [0.4, 0.5) is 4.39 Å². The Morgan fingerprint density at radius 2 is 2.18 bits per heavy atom. The number of carboxylic acids is 1. The lowest BCUT2D eigenvalue weighted by Gasteiger charge is -2.16. The topological polar surface area (TPSA) is 57.5 Å². The maximum absolute atomic E-state index is 13.3. The van der Waals surface area contributed by atoms with Crippen molar-refractivity contribution in [2.24, 2.45) is 5.92 Å². The molecule has 1 aromatic rings. The van der Waals surface area contributed by atoms with Crippen molar-refractivity contribution in [3.05, 3.63) is 29.1 Å². The minimum absolute atomic E-state index is 0.0369. The minimum atomic E-state index is -0.858. The molecule has 92 valence electrons. The second-order valence-corrected chi connectivity index (χ2v) is 4.71. The highest BCUT2D eigenvalue weighted by molar-refractivity contribution is 5.68. The van der Waals surface area contributed by atoms with E-state index in [2.05, 4.69) is 0 Å². The third-order valence-electron chi connectivity index (χ3n) is 3.27. The first-order valence-corrected chi connectivity index (χ1v) is 5.70. The van der Waals surface area contributed by atoms with Crippen LogP contribution in [0.25, 0.3) is 0 Å². The summed E-state index contributed by atoms with van der Waals surface area (Å²) >= 11 is 0. The molecule has 0 amide bonds. The van der Waals surface area contributed by atoms with Gasteiger partial charge in [0.1, 0.15) is 0 Å². The molecule has 2 rings (SSSR count). The number of carboxylic acid groups (broad SMARTS) is 1. The summed E-state index contributed by atoms with van der Waals surface area (Å²) in [7, 11) is 0. The van der Waals surface area contributed by atoms with Gasteiger partial charge >= 0.3 is 5.97 Å². The number of rotatable bonds is 4. The average molecular weight is 238 g/mol. The number of aliphatic carboxylic acids is 1. The highest BCUT2D eigenvalue weighted by atomic mass is 19.1. The van der Waals surface area contributed by atoms with Crippen molar-refractivity contribution in [3.8, 4) is 5.75 Å². The van der Waals surface area contributed by atoms with Gasteiger partial charge in [0.2, 0.25) is 0 Å². The number of benzene rings is 1. The van der Waals surface area contributed by atoms with Crippen LogP contribution < -0.4 is 0 Å². The Labute approximate surface area is 98.9 Å². The Bertz CT molecular complexity index is 429. The van der Waals surface area contributed by atoms with Crippen LogP contribution in [0, 0.1) is 18.7 Å². The number of aryl methyl sites for hydroxylation is 1. The minimum Gasteiger partial charge on any atom is -0.505 e. The van der Waals surface area contributed by atoms with Crippen molar-refractivity contribution < 1.29 is 19.4 Å². The molecular formula is C13H15FO3. The van der Waals surface area contributed by atoms with Crippen molar-refractivity contribution in [2.45, 2.75) is 32.1 Å². The van der Waals surface area contributed by atoms with Crippen LogP contribution in [0.5, 0.6) is 5.75 Å². The summed E-state index contributed by atoms with van der Waals surface area (Å²) in [6, 6.07) is 3.00. The van der Waals surface area contributed by atoms with Crippen molar-refractivity contribution in [3.63, 3.8) is 0 Å². The van der Waals surface area contributed by atoms with Gasteiger partial charge in [0, 0.05) is 0 Å². The van der Waals surface area contributed by atoms with Crippen molar-refractivity contribution in [1.29, 1.82) is 0 Å². The molecule has 1 fully saturated rings. The van der Waals surface area contributed by atoms with E-state index in [0.717, 1.165) is 18.4 Å². The van der Waals surface area contributed by atoms with E-state index >= 15 is 0 Å². The molecule has 1 saturated carbocycles. The summed E-state index contributed by atoms with van der Waals surface area (Å²) < 4.78 is 13.3. The van der Waals surface area contributed by atoms with Crippen molar-refractivity contribution >= 4 is 5.97 Å². The fraction of sp³-hybridized carbons (Fsp3) is 0.462. The molecule has 0 aromatic heterocycles. The number of aromatic hydroxyl groups is 1.